The number of likely N-dealkylation sites (tertiary alicyclic amines) is 1. The lowest BCUT2D eigenvalue weighted by Crippen LogP contribution is -2.52. The van der Waals surface area contributed by atoms with Crippen LogP contribution in [0.4, 0.5) is 4.79 Å². The summed E-state index contributed by atoms with van der Waals surface area (Å²) in [5.74, 6) is -0.0721. The van der Waals surface area contributed by atoms with Crippen LogP contribution in [0, 0.1) is 5.92 Å². The highest BCUT2D eigenvalue weighted by Gasteiger charge is 2.37. The highest BCUT2D eigenvalue weighted by molar-refractivity contribution is 5.87. The fourth-order valence-corrected chi connectivity index (χ4v) is 6.02. The average molecular weight is 535 g/mol. The predicted molar refractivity (Wildman–Crippen MR) is 158 cm³/mol. The molecular weight excluding hydrogens is 500 g/mol. The smallest absolute Gasteiger partial charge is 0.407 e. The van der Waals surface area contributed by atoms with Gasteiger partial charge in [0, 0.05) is 6.54 Å². The first kappa shape index (κ1) is 25.9. The largest absolute Gasteiger partial charge is 0.453 e. The van der Waals surface area contributed by atoms with E-state index in [4.69, 9.17) is 4.74 Å². The molecule has 7 nitrogen and oxygen atoms in total. The van der Waals surface area contributed by atoms with Crippen LogP contribution in [0.2, 0.25) is 0 Å². The molecule has 2 heterocycles. The maximum absolute atomic E-state index is 13.5. The summed E-state index contributed by atoms with van der Waals surface area (Å²) in [5, 5.41) is 2.74. The second-order valence-corrected chi connectivity index (χ2v) is 11.1. The number of benzene rings is 3. The quantitative estimate of drug-likeness (QED) is 0.308. The molecule has 1 aromatic heterocycles. The monoisotopic (exact) mass is 534 g/mol. The maximum Gasteiger partial charge on any atom is 0.407 e. The van der Waals surface area contributed by atoms with Crippen LogP contribution in [0.15, 0.2) is 72.6 Å². The van der Waals surface area contributed by atoms with Gasteiger partial charge in [0.2, 0.25) is 5.91 Å². The van der Waals surface area contributed by atoms with E-state index in [9.17, 15) is 9.59 Å². The number of H-pyrrole nitrogens is 1. The zero-order valence-electron chi connectivity index (χ0n) is 23.1. The van der Waals surface area contributed by atoms with Gasteiger partial charge in [-0.25, -0.2) is 9.78 Å². The molecule has 4 aromatic rings. The minimum Gasteiger partial charge on any atom is -0.453 e. The molecule has 0 bridgehead atoms. The summed E-state index contributed by atoms with van der Waals surface area (Å²) in [7, 11) is 1.32. The Bertz CT molecular complexity index is 1600. The van der Waals surface area contributed by atoms with Crippen molar-refractivity contribution in [1.82, 2.24) is 20.2 Å². The Morgan fingerprint density at radius 1 is 1.00 bits per heavy atom. The number of aromatic nitrogens is 2. The molecule has 0 spiro atoms. The van der Waals surface area contributed by atoms with Gasteiger partial charge in [-0.1, -0.05) is 62.4 Å². The zero-order chi connectivity index (χ0) is 27.8. The van der Waals surface area contributed by atoms with E-state index in [1.807, 2.05) is 24.8 Å². The summed E-state index contributed by atoms with van der Waals surface area (Å²) in [4.78, 5) is 34.9. The minimum absolute atomic E-state index is 0.0350. The molecule has 2 atom stereocenters. The van der Waals surface area contributed by atoms with Gasteiger partial charge in [-0.05, 0) is 82.3 Å². The van der Waals surface area contributed by atoms with E-state index in [0.29, 0.717) is 6.54 Å². The third-order valence-corrected chi connectivity index (χ3v) is 8.21. The van der Waals surface area contributed by atoms with E-state index in [0.717, 1.165) is 41.4 Å². The lowest BCUT2D eigenvalue weighted by atomic mass is 9.97. The number of rotatable bonds is 6. The second-order valence-electron chi connectivity index (χ2n) is 11.1. The molecule has 1 aliphatic carbocycles. The normalized spacial score (nSPS) is 17.1. The Kier molecular flexibility index (Phi) is 6.88. The standard InChI is InChI=1S/C33H34N4O3/c1-20(2)31(36-33(39)40-3)32(38)37-14-4-5-30(37)27-16-24-11-10-23(15-26(24)17-27)21-6-8-22(9-7-21)25-12-13-28-29(18-25)35-19-34-28/h6-13,15,17-20,30-31H,4-5,14,16H2,1-3H3,(H,34,35)(H,36,39)/t30-,31+/m1/s1. The molecule has 0 saturated carbocycles. The van der Waals surface area contributed by atoms with Crippen LogP contribution in [-0.2, 0) is 16.0 Å². The molecule has 1 fully saturated rings. The van der Waals surface area contributed by atoms with Gasteiger partial charge in [0.05, 0.1) is 30.5 Å². The van der Waals surface area contributed by atoms with Gasteiger partial charge in [0.25, 0.3) is 0 Å². The van der Waals surface area contributed by atoms with E-state index in [2.05, 4.69) is 76.0 Å². The number of hydrogen-bond acceptors (Lipinski definition) is 4. The molecule has 0 radical (unpaired) electrons. The first-order valence-corrected chi connectivity index (χ1v) is 13.9. The van der Waals surface area contributed by atoms with Crippen LogP contribution in [0.1, 0.15) is 37.8 Å². The van der Waals surface area contributed by atoms with Crippen molar-refractivity contribution < 1.29 is 14.3 Å². The van der Waals surface area contributed by atoms with Gasteiger partial charge in [-0.2, -0.15) is 0 Å². The SMILES string of the molecule is COC(=O)N[C@H](C(=O)N1CCC[C@@H]1C1=Cc2cc(-c3ccc(-c4ccc5nc[nH]c5c4)cc3)ccc2C1)C(C)C. The fourth-order valence-electron chi connectivity index (χ4n) is 6.02. The fraction of sp³-hybridized carbons (Fsp3) is 0.303. The van der Waals surface area contributed by atoms with Gasteiger partial charge in [0.1, 0.15) is 6.04 Å². The Morgan fingerprint density at radius 3 is 2.42 bits per heavy atom. The highest BCUT2D eigenvalue weighted by Crippen LogP contribution is 2.36. The van der Waals surface area contributed by atoms with Crippen LogP contribution in [0.25, 0.3) is 39.4 Å². The van der Waals surface area contributed by atoms with Crippen LogP contribution in [0.3, 0.4) is 0 Å². The van der Waals surface area contributed by atoms with Crippen molar-refractivity contribution in [1.29, 1.82) is 0 Å². The summed E-state index contributed by atoms with van der Waals surface area (Å²) in [5.41, 5.74) is 10.4. The molecular formula is C33H34N4O3. The predicted octanol–water partition coefficient (Wildman–Crippen LogP) is 6.21. The van der Waals surface area contributed by atoms with Crippen molar-refractivity contribution in [2.45, 2.75) is 45.2 Å². The summed E-state index contributed by atoms with van der Waals surface area (Å²) >= 11 is 0. The Hall–Kier alpha value is -4.39. The van der Waals surface area contributed by atoms with E-state index in [1.165, 1.54) is 34.9 Å². The Balaban J connectivity index is 1.20. The molecule has 3 aromatic carbocycles. The van der Waals surface area contributed by atoms with Gasteiger partial charge >= 0.3 is 6.09 Å². The third-order valence-electron chi connectivity index (χ3n) is 8.21. The topological polar surface area (TPSA) is 87.3 Å². The van der Waals surface area contributed by atoms with Gasteiger partial charge in [0.15, 0.2) is 0 Å². The van der Waals surface area contributed by atoms with Crippen molar-refractivity contribution in [2.75, 3.05) is 13.7 Å². The van der Waals surface area contributed by atoms with Crippen molar-refractivity contribution in [3.63, 3.8) is 0 Å². The number of methoxy groups -OCH3 is 1. The summed E-state index contributed by atoms with van der Waals surface area (Å²) in [6.07, 6.45) is 6.15. The highest BCUT2D eigenvalue weighted by atomic mass is 16.5. The maximum atomic E-state index is 13.5. The lowest BCUT2D eigenvalue weighted by Gasteiger charge is -2.31. The van der Waals surface area contributed by atoms with Crippen molar-refractivity contribution >= 4 is 29.1 Å². The van der Waals surface area contributed by atoms with E-state index < -0.39 is 12.1 Å². The molecule has 2 N–H and O–H groups in total. The number of nitrogens with one attached hydrogen (secondary N) is 2. The molecule has 7 heteroatoms. The number of imidazole rings is 1. The number of carbonyl (C=O) groups excluding carboxylic acids is 2. The van der Waals surface area contributed by atoms with Crippen LogP contribution in [0.5, 0.6) is 0 Å². The molecule has 40 heavy (non-hydrogen) atoms. The minimum atomic E-state index is -0.603. The van der Waals surface area contributed by atoms with E-state index >= 15 is 0 Å². The molecule has 2 aliphatic rings. The van der Waals surface area contributed by atoms with Crippen LogP contribution < -0.4 is 5.32 Å². The lowest BCUT2D eigenvalue weighted by molar-refractivity contribution is -0.134. The van der Waals surface area contributed by atoms with E-state index in [1.54, 1.807) is 6.33 Å². The number of carbonyl (C=O) groups is 2. The van der Waals surface area contributed by atoms with Crippen LogP contribution >= 0.6 is 0 Å². The summed E-state index contributed by atoms with van der Waals surface area (Å²) in [6, 6.07) is 21.0. The van der Waals surface area contributed by atoms with Crippen molar-refractivity contribution in [3.05, 3.63) is 83.7 Å². The molecule has 1 aliphatic heterocycles. The van der Waals surface area contributed by atoms with Gasteiger partial charge in [-0.3, -0.25) is 4.79 Å². The first-order chi connectivity index (χ1) is 19.4. The Morgan fingerprint density at radius 2 is 1.70 bits per heavy atom. The molecule has 0 unspecified atom stereocenters. The molecule has 2 amide bonds. The number of nitrogens with zero attached hydrogens (tertiary/aromatic N) is 2. The summed E-state index contributed by atoms with van der Waals surface area (Å²) < 4.78 is 4.77. The number of aromatic amines is 1. The van der Waals surface area contributed by atoms with Crippen molar-refractivity contribution in [2.24, 2.45) is 5.92 Å². The zero-order valence-corrected chi connectivity index (χ0v) is 23.1. The average Bonchev–Trinajstić information content (AvgIpc) is 3.73. The van der Waals surface area contributed by atoms with Gasteiger partial charge < -0.3 is 19.9 Å². The molecule has 204 valence electrons. The third kappa shape index (κ3) is 4.88. The number of ether oxygens (including phenoxy) is 1. The number of amides is 2. The molecule has 1 saturated heterocycles. The molecule has 6 rings (SSSR count). The van der Waals surface area contributed by atoms with Gasteiger partial charge in [-0.15, -0.1) is 0 Å². The number of alkyl carbamates (subject to hydrolysis) is 1. The Labute approximate surface area is 234 Å². The first-order valence-electron chi connectivity index (χ1n) is 13.9. The summed E-state index contributed by atoms with van der Waals surface area (Å²) in [6.45, 7) is 4.59. The van der Waals surface area contributed by atoms with Crippen LogP contribution in [-0.4, -0.2) is 52.6 Å². The second kappa shape index (κ2) is 10.6. The number of hydrogen-bond donors (Lipinski definition) is 2. The number of fused-ring (bicyclic) bond motifs is 2. The van der Waals surface area contributed by atoms with Crippen molar-refractivity contribution in [3.8, 4) is 22.3 Å². The van der Waals surface area contributed by atoms with E-state index in [-0.39, 0.29) is 17.9 Å².